The molecule has 0 aliphatic carbocycles. The first-order valence-corrected chi connectivity index (χ1v) is 8.33. The Hall–Kier alpha value is -0.350. The first-order chi connectivity index (χ1) is 10.1. The van der Waals surface area contributed by atoms with Crippen molar-refractivity contribution in [1.82, 2.24) is 10.2 Å². The first-order valence-electron chi connectivity index (χ1n) is 7.95. The highest BCUT2D eigenvalue weighted by Gasteiger charge is 2.31. The number of halogens is 3. The minimum atomic E-state index is -0.169. The third kappa shape index (κ3) is 4.35. The van der Waals surface area contributed by atoms with E-state index in [0.29, 0.717) is 16.5 Å². The molecule has 1 aromatic carbocycles. The minimum Gasteiger partial charge on any atom is -0.314 e. The largest absolute Gasteiger partial charge is 0.314 e. The topological polar surface area (TPSA) is 15.3 Å². The van der Waals surface area contributed by atoms with E-state index >= 15 is 0 Å². The summed E-state index contributed by atoms with van der Waals surface area (Å²) in [6.07, 6.45) is 2.19. The molecule has 1 unspecified atom stereocenters. The van der Waals surface area contributed by atoms with Crippen LogP contribution in [0.1, 0.15) is 43.9 Å². The Bertz CT molecular complexity index is 476. The van der Waals surface area contributed by atoms with Crippen LogP contribution in [0.3, 0.4) is 0 Å². The Morgan fingerprint density at radius 3 is 2.55 bits per heavy atom. The maximum absolute atomic E-state index is 14.5. The zero-order valence-electron chi connectivity index (χ0n) is 13.7. The first kappa shape index (κ1) is 19.7. The summed E-state index contributed by atoms with van der Waals surface area (Å²) < 4.78 is 14.5. The molecule has 0 spiro atoms. The van der Waals surface area contributed by atoms with Crippen molar-refractivity contribution in [2.45, 2.75) is 39.7 Å². The Balaban J connectivity index is 0.00000242. The number of nitrogens with one attached hydrogen (secondary N) is 1. The van der Waals surface area contributed by atoms with Crippen LogP contribution >= 0.6 is 24.0 Å². The maximum Gasteiger partial charge on any atom is 0.129 e. The summed E-state index contributed by atoms with van der Waals surface area (Å²) in [6, 6.07) is 3.39. The molecule has 126 valence electrons. The van der Waals surface area contributed by atoms with Crippen molar-refractivity contribution >= 4 is 24.0 Å². The smallest absolute Gasteiger partial charge is 0.129 e. The number of rotatable bonds is 5. The van der Waals surface area contributed by atoms with E-state index in [9.17, 15) is 4.39 Å². The van der Waals surface area contributed by atoms with Gasteiger partial charge in [-0.15, -0.1) is 12.4 Å². The normalized spacial score (nSPS) is 18.6. The van der Waals surface area contributed by atoms with Gasteiger partial charge in [0.25, 0.3) is 0 Å². The van der Waals surface area contributed by atoms with Crippen LogP contribution in [-0.2, 0) is 0 Å². The van der Waals surface area contributed by atoms with E-state index in [1.54, 1.807) is 12.1 Å². The molecule has 1 aliphatic rings. The van der Waals surface area contributed by atoms with E-state index < -0.39 is 0 Å². The molecule has 1 aliphatic heterocycles. The molecule has 2 atom stereocenters. The predicted octanol–water partition coefficient (Wildman–Crippen LogP) is 4.59. The lowest BCUT2D eigenvalue weighted by atomic mass is 9.88. The van der Waals surface area contributed by atoms with Gasteiger partial charge in [0.05, 0.1) is 5.02 Å². The lowest BCUT2D eigenvalue weighted by Gasteiger charge is -2.39. The van der Waals surface area contributed by atoms with E-state index in [1.165, 1.54) is 0 Å². The lowest BCUT2D eigenvalue weighted by Crippen LogP contribution is -2.47. The third-order valence-electron chi connectivity index (χ3n) is 4.44. The van der Waals surface area contributed by atoms with E-state index in [0.717, 1.165) is 44.6 Å². The standard InChI is InChI=1S/C17H26ClFN2.ClH/c1-4-5-13(3)17(21-10-8-20-9-11-21)15-14(19)7-6-12(2)16(15)18;/h6-7,13,17,20H,4-5,8-11H2,1-3H3;1H/t13?,17-;/m1./s1. The molecule has 1 heterocycles. The zero-order chi connectivity index (χ0) is 15.4. The fourth-order valence-electron chi connectivity index (χ4n) is 3.35. The molecule has 1 fully saturated rings. The molecule has 0 amide bonds. The molecule has 5 heteroatoms. The van der Waals surface area contributed by atoms with Crippen molar-refractivity contribution in [3.8, 4) is 0 Å². The summed E-state index contributed by atoms with van der Waals surface area (Å²) in [4.78, 5) is 2.39. The highest BCUT2D eigenvalue weighted by atomic mass is 35.5. The van der Waals surface area contributed by atoms with Crippen LogP contribution in [0.2, 0.25) is 5.02 Å². The van der Waals surface area contributed by atoms with Gasteiger partial charge in [0.1, 0.15) is 5.82 Å². The van der Waals surface area contributed by atoms with Gasteiger partial charge < -0.3 is 5.32 Å². The Morgan fingerprint density at radius 1 is 1.32 bits per heavy atom. The van der Waals surface area contributed by atoms with Crippen molar-refractivity contribution in [2.24, 2.45) is 5.92 Å². The Morgan fingerprint density at radius 2 is 1.95 bits per heavy atom. The summed E-state index contributed by atoms with van der Waals surface area (Å²) in [7, 11) is 0. The van der Waals surface area contributed by atoms with Crippen molar-refractivity contribution in [1.29, 1.82) is 0 Å². The van der Waals surface area contributed by atoms with E-state index in [4.69, 9.17) is 11.6 Å². The van der Waals surface area contributed by atoms with E-state index in [1.807, 2.05) is 6.92 Å². The zero-order valence-corrected chi connectivity index (χ0v) is 15.2. The van der Waals surface area contributed by atoms with Crippen LogP contribution in [0.4, 0.5) is 4.39 Å². The van der Waals surface area contributed by atoms with Gasteiger partial charge in [-0.25, -0.2) is 4.39 Å². The number of hydrogen-bond acceptors (Lipinski definition) is 2. The van der Waals surface area contributed by atoms with Crippen molar-refractivity contribution < 1.29 is 4.39 Å². The van der Waals surface area contributed by atoms with Crippen LogP contribution in [0, 0.1) is 18.7 Å². The SMILES string of the molecule is CCCC(C)[C@H](c1c(F)ccc(C)c1Cl)N1CCNCC1.Cl. The van der Waals surface area contributed by atoms with Crippen LogP contribution in [-0.4, -0.2) is 31.1 Å². The molecule has 1 N–H and O–H groups in total. The van der Waals surface area contributed by atoms with E-state index in [-0.39, 0.29) is 24.3 Å². The molecule has 2 rings (SSSR count). The Kier molecular flexibility index (Phi) is 8.12. The molecular formula is C17H27Cl2FN2. The third-order valence-corrected chi connectivity index (χ3v) is 4.95. The van der Waals surface area contributed by atoms with Crippen molar-refractivity contribution in [3.05, 3.63) is 34.1 Å². The van der Waals surface area contributed by atoms with Gasteiger partial charge in [-0.1, -0.05) is 37.9 Å². The average molecular weight is 349 g/mol. The number of piperazine rings is 1. The molecule has 1 aromatic rings. The van der Waals surface area contributed by atoms with Crippen LogP contribution in [0.15, 0.2) is 12.1 Å². The highest BCUT2D eigenvalue weighted by molar-refractivity contribution is 6.32. The second kappa shape index (κ2) is 9.07. The van der Waals surface area contributed by atoms with Gasteiger partial charge in [0.2, 0.25) is 0 Å². The molecule has 2 nitrogen and oxygen atoms in total. The van der Waals surface area contributed by atoms with Gasteiger partial charge in [-0.05, 0) is 30.9 Å². The van der Waals surface area contributed by atoms with Gasteiger partial charge in [0, 0.05) is 37.8 Å². The number of aryl methyl sites for hydroxylation is 1. The fourth-order valence-corrected chi connectivity index (χ4v) is 3.62. The monoisotopic (exact) mass is 348 g/mol. The quantitative estimate of drug-likeness (QED) is 0.836. The summed E-state index contributed by atoms with van der Waals surface area (Å²) in [5.41, 5.74) is 1.65. The second-order valence-electron chi connectivity index (χ2n) is 6.09. The van der Waals surface area contributed by atoms with Gasteiger partial charge in [-0.2, -0.15) is 0 Å². The van der Waals surface area contributed by atoms with Crippen LogP contribution in [0.25, 0.3) is 0 Å². The molecule has 1 saturated heterocycles. The molecule has 0 aromatic heterocycles. The molecule has 0 bridgehead atoms. The fraction of sp³-hybridized carbons (Fsp3) is 0.647. The molecular weight excluding hydrogens is 322 g/mol. The van der Waals surface area contributed by atoms with Crippen LogP contribution < -0.4 is 5.32 Å². The number of hydrogen-bond donors (Lipinski definition) is 1. The van der Waals surface area contributed by atoms with Gasteiger partial charge in [0.15, 0.2) is 0 Å². The highest BCUT2D eigenvalue weighted by Crippen LogP contribution is 2.38. The van der Waals surface area contributed by atoms with Crippen LogP contribution in [0.5, 0.6) is 0 Å². The van der Waals surface area contributed by atoms with Gasteiger partial charge >= 0.3 is 0 Å². The summed E-state index contributed by atoms with van der Waals surface area (Å²) >= 11 is 6.47. The number of nitrogens with zero attached hydrogens (tertiary/aromatic N) is 1. The molecule has 22 heavy (non-hydrogen) atoms. The second-order valence-corrected chi connectivity index (χ2v) is 6.47. The molecule has 0 radical (unpaired) electrons. The average Bonchev–Trinajstić information content (AvgIpc) is 2.48. The van der Waals surface area contributed by atoms with Gasteiger partial charge in [-0.3, -0.25) is 4.90 Å². The summed E-state index contributed by atoms with van der Waals surface area (Å²) in [6.45, 7) is 10.2. The molecule has 0 saturated carbocycles. The van der Waals surface area contributed by atoms with Crippen molar-refractivity contribution in [2.75, 3.05) is 26.2 Å². The Labute approximate surface area is 144 Å². The number of benzene rings is 1. The maximum atomic E-state index is 14.5. The lowest BCUT2D eigenvalue weighted by molar-refractivity contribution is 0.123. The summed E-state index contributed by atoms with van der Waals surface area (Å²) in [5, 5.41) is 3.96. The van der Waals surface area contributed by atoms with E-state index in [2.05, 4.69) is 24.1 Å². The van der Waals surface area contributed by atoms with Crippen molar-refractivity contribution in [3.63, 3.8) is 0 Å². The summed E-state index contributed by atoms with van der Waals surface area (Å²) in [5.74, 6) is 0.221. The minimum absolute atomic E-state index is 0. The predicted molar refractivity (Wildman–Crippen MR) is 94.7 cm³/mol.